The van der Waals surface area contributed by atoms with Gasteiger partial charge in [0.1, 0.15) is 5.82 Å². The second-order valence-corrected chi connectivity index (χ2v) is 6.70. The third-order valence-electron chi connectivity index (χ3n) is 3.17. The van der Waals surface area contributed by atoms with E-state index in [1.165, 1.54) is 23.3 Å². The molecule has 1 aliphatic carbocycles. The second kappa shape index (κ2) is 5.19. The first-order valence-corrected chi connectivity index (χ1v) is 7.93. The molecule has 2 heterocycles. The Hall–Kier alpha value is -0.580. The van der Waals surface area contributed by atoms with Crippen LogP contribution in [0.25, 0.3) is 0 Å². The monoisotopic (exact) mass is 342 g/mol. The molecule has 0 bridgehead atoms. The number of nitrogens with zero attached hydrogens (tertiary/aromatic N) is 1. The molecule has 2 aromatic heterocycles. The molecule has 18 heavy (non-hydrogen) atoms. The van der Waals surface area contributed by atoms with Gasteiger partial charge in [0, 0.05) is 15.5 Å². The summed E-state index contributed by atoms with van der Waals surface area (Å²) in [6.45, 7) is 0. The fraction of sp³-hybridized carbons (Fsp3) is 0.308. The molecule has 1 atom stereocenters. The van der Waals surface area contributed by atoms with Crippen LogP contribution < -0.4 is 5.32 Å². The van der Waals surface area contributed by atoms with Crippen LogP contribution in [0.5, 0.6) is 0 Å². The lowest BCUT2D eigenvalue weighted by atomic mass is 9.94. The summed E-state index contributed by atoms with van der Waals surface area (Å²) in [4.78, 5) is 5.84. The molecule has 1 N–H and O–H groups in total. The molecule has 0 fully saturated rings. The number of aromatic nitrogens is 1. The van der Waals surface area contributed by atoms with Crippen LogP contribution in [0, 0.1) is 0 Å². The Bertz CT molecular complexity index is 570. The molecule has 2 aromatic rings. The van der Waals surface area contributed by atoms with E-state index in [-0.39, 0.29) is 0 Å². The van der Waals surface area contributed by atoms with Crippen molar-refractivity contribution in [1.82, 2.24) is 4.98 Å². The van der Waals surface area contributed by atoms with Gasteiger partial charge in [0.05, 0.1) is 11.1 Å². The Balaban J connectivity index is 1.86. The highest BCUT2D eigenvalue weighted by molar-refractivity contribution is 9.10. The topological polar surface area (TPSA) is 24.9 Å². The number of anilines is 1. The van der Waals surface area contributed by atoms with Gasteiger partial charge < -0.3 is 5.32 Å². The zero-order valence-corrected chi connectivity index (χ0v) is 12.8. The number of fused-ring (bicyclic) bond motifs is 1. The Morgan fingerprint density at radius 1 is 1.50 bits per heavy atom. The minimum absolute atomic E-state index is 0.339. The van der Waals surface area contributed by atoms with Crippen molar-refractivity contribution in [3.05, 3.63) is 43.6 Å². The Kier molecular flexibility index (Phi) is 3.59. The third-order valence-corrected chi connectivity index (χ3v) is 4.89. The van der Waals surface area contributed by atoms with E-state index in [4.69, 9.17) is 11.6 Å². The van der Waals surface area contributed by atoms with Crippen LogP contribution in [0.4, 0.5) is 5.82 Å². The van der Waals surface area contributed by atoms with Gasteiger partial charge in [0.15, 0.2) is 0 Å². The smallest absolute Gasteiger partial charge is 0.145 e. The van der Waals surface area contributed by atoms with Gasteiger partial charge in [0.25, 0.3) is 0 Å². The van der Waals surface area contributed by atoms with Gasteiger partial charge in [-0.2, -0.15) is 0 Å². The molecule has 1 aliphatic rings. The van der Waals surface area contributed by atoms with Gasteiger partial charge in [-0.25, -0.2) is 4.98 Å². The van der Waals surface area contributed by atoms with Crippen molar-refractivity contribution in [1.29, 1.82) is 0 Å². The second-order valence-electron chi connectivity index (χ2n) is 4.37. The summed E-state index contributed by atoms with van der Waals surface area (Å²) in [7, 11) is 0. The van der Waals surface area contributed by atoms with E-state index in [2.05, 4.69) is 37.7 Å². The van der Waals surface area contributed by atoms with E-state index in [0.717, 1.165) is 16.7 Å². The lowest BCUT2D eigenvalue weighted by Crippen LogP contribution is -2.16. The molecule has 0 amide bonds. The lowest BCUT2D eigenvalue weighted by Gasteiger charge is -2.24. The van der Waals surface area contributed by atoms with Gasteiger partial charge in [-0.05, 0) is 58.3 Å². The SMILES string of the molecule is Clc1cc(Br)cnc1NC1CCCc2sccc21. The number of halogens is 2. The molecule has 0 saturated carbocycles. The van der Waals surface area contributed by atoms with Crippen molar-refractivity contribution in [2.24, 2.45) is 0 Å². The summed E-state index contributed by atoms with van der Waals surface area (Å²) in [5.74, 6) is 0.768. The van der Waals surface area contributed by atoms with E-state index >= 15 is 0 Å². The molecule has 0 radical (unpaired) electrons. The number of hydrogen-bond donors (Lipinski definition) is 1. The van der Waals surface area contributed by atoms with Crippen molar-refractivity contribution >= 4 is 44.7 Å². The zero-order chi connectivity index (χ0) is 12.5. The van der Waals surface area contributed by atoms with Crippen molar-refractivity contribution in [3.63, 3.8) is 0 Å². The first-order chi connectivity index (χ1) is 8.74. The summed E-state index contributed by atoms with van der Waals surface area (Å²) in [5, 5.41) is 6.29. The minimum Gasteiger partial charge on any atom is -0.362 e. The van der Waals surface area contributed by atoms with Crippen molar-refractivity contribution < 1.29 is 0 Å². The molecule has 0 saturated heterocycles. The van der Waals surface area contributed by atoms with Gasteiger partial charge in [-0.1, -0.05) is 11.6 Å². The van der Waals surface area contributed by atoms with Crippen LogP contribution >= 0.6 is 38.9 Å². The highest BCUT2D eigenvalue weighted by Crippen LogP contribution is 2.36. The van der Waals surface area contributed by atoms with Crippen LogP contribution in [0.1, 0.15) is 29.3 Å². The number of nitrogens with one attached hydrogen (secondary N) is 1. The quantitative estimate of drug-likeness (QED) is 0.825. The van der Waals surface area contributed by atoms with Crippen molar-refractivity contribution in [2.75, 3.05) is 5.32 Å². The van der Waals surface area contributed by atoms with Gasteiger partial charge >= 0.3 is 0 Å². The van der Waals surface area contributed by atoms with E-state index in [1.54, 1.807) is 6.20 Å². The zero-order valence-electron chi connectivity index (χ0n) is 9.62. The van der Waals surface area contributed by atoms with Crippen LogP contribution in [0.15, 0.2) is 28.2 Å². The Morgan fingerprint density at radius 3 is 3.22 bits per heavy atom. The van der Waals surface area contributed by atoms with E-state index in [0.29, 0.717) is 11.1 Å². The first-order valence-electron chi connectivity index (χ1n) is 5.88. The van der Waals surface area contributed by atoms with Gasteiger partial charge in [-0.15, -0.1) is 11.3 Å². The number of thiophene rings is 1. The van der Waals surface area contributed by atoms with Crippen molar-refractivity contribution in [2.45, 2.75) is 25.3 Å². The number of pyridine rings is 1. The molecule has 5 heteroatoms. The van der Waals surface area contributed by atoms with E-state index < -0.39 is 0 Å². The normalized spacial score (nSPS) is 18.4. The third kappa shape index (κ3) is 2.42. The molecule has 0 aromatic carbocycles. The van der Waals surface area contributed by atoms with Crippen LogP contribution in [-0.4, -0.2) is 4.98 Å². The molecular weight excluding hydrogens is 332 g/mol. The molecule has 0 spiro atoms. The molecular formula is C13H12BrClN2S. The van der Waals surface area contributed by atoms with Gasteiger partial charge in [0.2, 0.25) is 0 Å². The number of hydrogen-bond acceptors (Lipinski definition) is 3. The predicted octanol–water partition coefficient (Wildman–Crippen LogP) is 5.05. The Labute approximate surface area is 124 Å². The Morgan fingerprint density at radius 2 is 2.39 bits per heavy atom. The van der Waals surface area contributed by atoms with Crippen LogP contribution in [0.3, 0.4) is 0 Å². The average molecular weight is 344 g/mol. The highest BCUT2D eigenvalue weighted by atomic mass is 79.9. The maximum absolute atomic E-state index is 6.20. The minimum atomic E-state index is 0.339. The summed E-state index contributed by atoms with van der Waals surface area (Å²) < 4.78 is 0.901. The largest absolute Gasteiger partial charge is 0.362 e. The van der Waals surface area contributed by atoms with Gasteiger partial charge in [-0.3, -0.25) is 0 Å². The van der Waals surface area contributed by atoms with Crippen LogP contribution in [0.2, 0.25) is 5.02 Å². The van der Waals surface area contributed by atoms with E-state index in [9.17, 15) is 0 Å². The molecule has 3 rings (SSSR count). The maximum atomic E-state index is 6.20. The molecule has 94 valence electrons. The van der Waals surface area contributed by atoms with Crippen molar-refractivity contribution in [3.8, 4) is 0 Å². The maximum Gasteiger partial charge on any atom is 0.145 e. The predicted molar refractivity (Wildman–Crippen MR) is 80.6 cm³/mol. The molecule has 2 nitrogen and oxygen atoms in total. The first kappa shape index (κ1) is 12.5. The molecule has 1 unspecified atom stereocenters. The number of aryl methyl sites for hydroxylation is 1. The average Bonchev–Trinajstić information content (AvgIpc) is 2.82. The number of rotatable bonds is 2. The van der Waals surface area contributed by atoms with Crippen LogP contribution in [-0.2, 0) is 6.42 Å². The fourth-order valence-electron chi connectivity index (χ4n) is 2.32. The summed E-state index contributed by atoms with van der Waals surface area (Å²) in [5.41, 5.74) is 1.41. The standard InChI is InChI=1S/C13H12BrClN2S/c14-8-6-10(15)13(16-7-8)17-11-2-1-3-12-9(11)4-5-18-12/h4-7,11H,1-3H2,(H,16,17). The lowest BCUT2D eigenvalue weighted by molar-refractivity contribution is 0.607. The summed E-state index contributed by atoms with van der Waals surface area (Å²) in [6, 6.07) is 4.42. The summed E-state index contributed by atoms with van der Waals surface area (Å²) in [6.07, 6.45) is 5.33. The van der Waals surface area contributed by atoms with E-state index in [1.807, 2.05) is 17.4 Å². The highest BCUT2D eigenvalue weighted by Gasteiger charge is 2.21. The summed E-state index contributed by atoms with van der Waals surface area (Å²) >= 11 is 11.4. The molecule has 0 aliphatic heterocycles. The fourth-order valence-corrected chi connectivity index (χ4v) is 3.99.